The molecule has 1 aromatic rings. The molecule has 0 amide bonds. The topological polar surface area (TPSA) is 49.8 Å². The van der Waals surface area contributed by atoms with Gasteiger partial charge in [0.15, 0.2) is 0 Å². The molecule has 0 aromatic carbocycles. The van der Waals surface area contributed by atoms with E-state index in [9.17, 15) is 0 Å². The van der Waals surface area contributed by atoms with E-state index in [1.54, 1.807) is 12.4 Å². The molecule has 90 valence electrons. The van der Waals surface area contributed by atoms with E-state index >= 15 is 0 Å². The molecule has 0 aliphatic carbocycles. The van der Waals surface area contributed by atoms with Crippen LogP contribution in [-0.2, 0) is 0 Å². The van der Waals surface area contributed by atoms with Gasteiger partial charge in [0.2, 0.25) is 0 Å². The molecule has 1 aromatic heterocycles. The predicted octanol–water partition coefficient (Wildman–Crippen LogP) is 1.62. The largest absolute Gasteiger partial charge is 0.368 e. The first-order chi connectivity index (χ1) is 7.36. The standard InChI is InChI=1S/C11H18N4.ClH/c1-9-11(14-7-6-13-9)15-8-10-2-4-12-5-3-10;/h6-7,10,12H,2-5,8H2,1H3,(H,14,15);1H. The highest BCUT2D eigenvalue weighted by atomic mass is 35.5. The summed E-state index contributed by atoms with van der Waals surface area (Å²) < 4.78 is 0. The molecule has 2 heterocycles. The maximum absolute atomic E-state index is 4.27. The molecule has 0 unspecified atom stereocenters. The van der Waals surface area contributed by atoms with E-state index < -0.39 is 0 Å². The van der Waals surface area contributed by atoms with Gasteiger partial charge in [-0.2, -0.15) is 0 Å². The van der Waals surface area contributed by atoms with Crippen LogP contribution in [0.3, 0.4) is 0 Å². The monoisotopic (exact) mass is 242 g/mol. The zero-order valence-electron chi connectivity index (χ0n) is 9.57. The number of halogens is 1. The Balaban J connectivity index is 0.00000128. The molecule has 1 saturated heterocycles. The molecule has 0 saturated carbocycles. The molecule has 2 rings (SSSR count). The van der Waals surface area contributed by atoms with E-state index in [0.29, 0.717) is 0 Å². The highest BCUT2D eigenvalue weighted by molar-refractivity contribution is 5.85. The highest BCUT2D eigenvalue weighted by Crippen LogP contribution is 2.13. The highest BCUT2D eigenvalue weighted by Gasteiger charge is 2.12. The molecule has 0 spiro atoms. The van der Waals surface area contributed by atoms with Crippen LogP contribution in [0.4, 0.5) is 5.82 Å². The van der Waals surface area contributed by atoms with Gasteiger partial charge in [-0.3, -0.25) is 4.98 Å². The van der Waals surface area contributed by atoms with Crippen LogP contribution in [0.5, 0.6) is 0 Å². The van der Waals surface area contributed by atoms with Gasteiger partial charge in [0.25, 0.3) is 0 Å². The number of nitrogens with zero attached hydrogens (tertiary/aromatic N) is 2. The summed E-state index contributed by atoms with van der Waals surface area (Å²) in [7, 11) is 0. The lowest BCUT2D eigenvalue weighted by Gasteiger charge is -2.23. The Kier molecular flexibility index (Phi) is 5.49. The molecule has 1 aliphatic heterocycles. The number of nitrogens with one attached hydrogen (secondary N) is 2. The zero-order valence-corrected chi connectivity index (χ0v) is 10.4. The average Bonchev–Trinajstić information content (AvgIpc) is 2.29. The first kappa shape index (κ1) is 13.2. The summed E-state index contributed by atoms with van der Waals surface area (Å²) in [4.78, 5) is 8.48. The second kappa shape index (κ2) is 6.66. The smallest absolute Gasteiger partial charge is 0.147 e. The van der Waals surface area contributed by atoms with Gasteiger partial charge in [-0.15, -0.1) is 12.4 Å². The minimum Gasteiger partial charge on any atom is -0.368 e. The van der Waals surface area contributed by atoms with Crippen LogP contribution in [0.25, 0.3) is 0 Å². The van der Waals surface area contributed by atoms with Gasteiger partial charge < -0.3 is 10.6 Å². The minimum atomic E-state index is 0. The number of hydrogen-bond acceptors (Lipinski definition) is 4. The van der Waals surface area contributed by atoms with E-state index in [2.05, 4.69) is 20.6 Å². The van der Waals surface area contributed by atoms with E-state index in [1.165, 1.54) is 12.8 Å². The third-order valence-electron chi connectivity index (χ3n) is 2.90. The number of aromatic nitrogens is 2. The molecule has 2 N–H and O–H groups in total. The molecule has 1 fully saturated rings. The number of anilines is 1. The van der Waals surface area contributed by atoms with Crippen LogP contribution in [-0.4, -0.2) is 29.6 Å². The van der Waals surface area contributed by atoms with Gasteiger partial charge in [0, 0.05) is 18.9 Å². The average molecular weight is 243 g/mol. The van der Waals surface area contributed by atoms with E-state index in [-0.39, 0.29) is 12.4 Å². The fraction of sp³-hybridized carbons (Fsp3) is 0.636. The van der Waals surface area contributed by atoms with E-state index in [0.717, 1.165) is 37.1 Å². The summed E-state index contributed by atoms with van der Waals surface area (Å²) in [5.41, 5.74) is 0.978. The van der Waals surface area contributed by atoms with Gasteiger partial charge in [-0.1, -0.05) is 0 Å². The van der Waals surface area contributed by atoms with Crippen molar-refractivity contribution in [3.05, 3.63) is 18.1 Å². The number of aryl methyl sites for hydroxylation is 1. The van der Waals surface area contributed by atoms with Gasteiger partial charge in [-0.25, -0.2) is 4.98 Å². The van der Waals surface area contributed by atoms with Crippen LogP contribution in [0.1, 0.15) is 18.5 Å². The van der Waals surface area contributed by atoms with E-state index in [1.807, 2.05) is 6.92 Å². The minimum absolute atomic E-state index is 0. The van der Waals surface area contributed by atoms with Crippen molar-refractivity contribution in [1.82, 2.24) is 15.3 Å². The van der Waals surface area contributed by atoms with Gasteiger partial charge in [0.05, 0.1) is 5.69 Å². The van der Waals surface area contributed by atoms with Crippen molar-refractivity contribution in [2.75, 3.05) is 25.0 Å². The van der Waals surface area contributed by atoms with Gasteiger partial charge in [0.1, 0.15) is 5.82 Å². The summed E-state index contributed by atoms with van der Waals surface area (Å²) in [6.07, 6.45) is 5.97. The summed E-state index contributed by atoms with van der Waals surface area (Å²) in [5.74, 6) is 1.70. The Morgan fingerprint density at radius 1 is 1.31 bits per heavy atom. The third kappa shape index (κ3) is 3.61. The zero-order chi connectivity index (χ0) is 10.5. The summed E-state index contributed by atoms with van der Waals surface area (Å²) >= 11 is 0. The molecular formula is C11H19ClN4. The third-order valence-corrected chi connectivity index (χ3v) is 2.90. The predicted molar refractivity (Wildman–Crippen MR) is 68.1 cm³/mol. The van der Waals surface area contributed by atoms with Crippen molar-refractivity contribution in [2.24, 2.45) is 5.92 Å². The number of piperidine rings is 1. The lowest BCUT2D eigenvalue weighted by Crippen LogP contribution is -2.31. The molecule has 16 heavy (non-hydrogen) atoms. The fourth-order valence-electron chi connectivity index (χ4n) is 1.91. The van der Waals surface area contributed by atoms with Crippen molar-refractivity contribution in [3.63, 3.8) is 0 Å². The second-order valence-electron chi connectivity index (χ2n) is 4.06. The van der Waals surface area contributed by atoms with Gasteiger partial charge >= 0.3 is 0 Å². The lowest BCUT2D eigenvalue weighted by atomic mass is 9.98. The lowest BCUT2D eigenvalue weighted by molar-refractivity contribution is 0.389. The van der Waals surface area contributed by atoms with Gasteiger partial charge in [-0.05, 0) is 38.8 Å². The second-order valence-corrected chi connectivity index (χ2v) is 4.06. The Morgan fingerprint density at radius 3 is 2.69 bits per heavy atom. The summed E-state index contributed by atoms with van der Waals surface area (Å²) in [5, 5.41) is 6.75. The Morgan fingerprint density at radius 2 is 2.00 bits per heavy atom. The quantitative estimate of drug-likeness (QED) is 0.846. The van der Waals surface area contributed by atoms with Crippen LogP contribution in [0.15, 0.2) is 12.4 Å². The van der Waals surface area contributed by atoms with E-state index in [4.69, 9.17) is 0 Å². The van der Waals surface area contributed by atoms with Crippen molar-refractivity contribution in [3.8, 4) is 0 Å². The van der Waals surface area contributed by atoms with Crippen LogP contribution < -0.4 is 10.6 Å². The first-order valence-corrected chi connectivity index (χ1v) is 5.58. The maximum Gasteiger partial charge on any atom is 0.147 e. The fourth-order valence-corrected chi connectivity index (χ4v) is 1.91. The first-order valence-electron chi connectivity index (χ1n) is 5.58. The van der Waals surface area contributed by atoms with Crippen LogP contribution in [0.2, 0.25) is 0 Å². The molecule has 4 nitrogen and oxygen atoms in total. The van der Waals surface area contributed by atoms with Crippen LogP contribution in [0, 0.1) is 12.8 Å². The SMILES string of the molecule is Cc1nccnc1NCC1CCNCC1.Cl. The number of rotatable bonds is 3. The Bertz CT molecular complexity index is 313. The molecular weight excluding hydrogens is 224 g/mol. The summed E-state index contributed by atoms with van der Waals surface area (Å²) in [6, 6.07) is 0. The Labute approximate surface area is 103 Å². The number of hydrogen-bond donors (Lipinski definition) is 2. The van der Waals surface area contributed by atoms with Crippen molar-refractivity contribution < 1.29 is 0 Å². The van der Waals surface area contributed by atoms with Crippen molar-refractivity contribution >= 4 is 18.2 Å². The van der Waals surface area contributed by atoms with Crippen LogP contribution >= 0.6 is 12.4 Å². The molecule has 1 aliphatic rings. The molecule has 0 bridgehead atoms. The summed E-state index contributed by atoms with van der Waals surface area (Å²) in [6.45, 7) is 5.29. The van der Waals surface area contributed by atoms with Crippen molar-refractivity contribution in [2.45, 2.75) is 19.8 Å². The van der Waals surface area contributed by atoms with Crippen molar-refractivity contribution in [1.29, 1.82) is 0 Å². The maximum atomic E-state index is 4.27. The normalized spacial score (nSPS) is 16.6. The molecule has 0 radical (unpaired) electrons. The molecule has 5 heteroatoms. The molecule has 0 atom stereocenters. The Hall–Kier alpha value is -0.870.